The smallest absolute Gasteiger partial charge is 0.193 e. The maximum absolute atomic E-state index is 6.00. The largest absolute Gasteiger partial charge is 0.385 e. The number of guanidine groups is 1. The Hall–Kier alpha value is -0.900. The molecule has 0 spiro atoms. The monoisotopic (exact) mass is 558 g/mol. The number of aliphatic imine (C=N–C) groups is 1. The fourth-order valence-electron chi connectivity index (χ4n) is 4.54. The van der Waals surface area contributed by atoms with Gasteiger partial charge in [0.25, 0.3) is 0 Å². The first-order chi connectivity index (χ1) is 15.2. The van der Waals surface area contributed by atoms with Gasteiger partial charge in [-0.15, -0.1) is 24.0 Å². The number of methoxy groups -OCH3 is 1. The highest BCUT2D eigenvalue weighted by Gasteiger charge is 2.22. The predicted octanol–water partition coefficient (Wildman–Crippen LogP) is 4.13. The predicted molar refractivity (Wildman–Crippen MR) is 143 cm³/mol. The van der Waals surface area contributed by atoms with Crippen LogP contribution in [0.5, 0.6) is 0 Å². The summed E-state index contributed by atoms with van der Waals surface area (Å²) in [5, 5.41) is 3.61. The minimum atomic E-state index is 0. The maximum atomic E-state index is 6.00. The van der Waals surface area contributed by atoms with Gasteiger partial charge in [0, 0.05) is 53.6 Å². The Morgan fingerprint density at radius 1 is 1.03 bits per heavy atom. The first kappa shape index (κ1) is 27.3. The summed E-state index contributed by atoms with van der Waals surface area (Å²) >= 11 is 0. The van der Waals surface area contributed by atoms with Crippen molar-refractivity contribution >= 4 is 29.9 Å². The average Bonchev–Trinajstić information content (AvgIpc) is 2.80. The van der Waals surface area contributed by atoms with Crippen LogP contribution in [0.3, 0.4) is 0 Å². The Morgan fingerprint density at radius 2 is 1.72 bits per heavy atom. The van der Waals surface area contributed by atoms with Crippen LogP contribution in [0.25, 0.3) is 0 Å². The van der Waals surface area contributed by atoms with Gasteiger partial charge in [0.05, 0.1) is 6.10 Å². The number of hydrogen-bond acceptors (Lipinski definition) is 4. The molecule has 1 aromatic rings. The van der Waals surface area contributed by atoms with Gasteiger partial charge < -0.3 is 19.7 Å². The number of nitrogens with zero attached hydrogens (tertiary/aromatic N) is 3. The van der Waals surface area contributed by atoms with Crippen LogP contribution in [-0.4, -0.2) is 75.4 Å². The number of hydrogen-bond donors (Lipinski definition) is 1. The van der Waals surface area contributed by atoms with Crippen LogP contribution < -0.4 is 5.32 Å². The zero-order valence-corrected chi connectivity index (χ0v) is 22.6. The highest BCUT2D eigenvalue weighted by atomic mass is 127. The van der Waals surface area contributed by atoms with Gasteiger partial charge in [-0.1, -0.05) is 31.2 Å². The molecule has 3 rings (SSSR count). The third-order valence-corrected chi connectivity index (χ3v) is 6.63. The number of benzene rings is 1. The molecule has 2 aliphatic rings. The van der Waals surface area contributed by atoms with E-state index in [1.165, 1.54) is 37.1 Å². The quantitative estimate of drug-likeness (QED) is 0.214. The minimum Gasteiger partial charge on any atom is -0.385 e. The Labute approximate surface area is 212 Å². The van der Waals surface area contributed by atoms with Gasteiger partial charge in [-0.05, 0) is 62.2 Å². The third-order valence-electron chi connectivity index (χ3n) is 6.63. The lowest BCUT2D eigenvalue weighted by molar-refractivity contribution is 0.00989. The van der Waals surface area contributed by atoms with Gasteiger partial charge in [0.2, 0.25) is 0 Å². The van der Waals surface area contributed by atoms with Crippen molar-refractivity contribution in [3.8, 4) is 0 Å². The van der Waals surface area contributed by atoms with Gasteiger partial charge in [-0.2, -0.15) is 0 Å². The second kappa shape index (κ2) is 15.1. The standard InChI is InChI=1S/C25H42N4O2.HI/c1-21-9-13-28(14-10-21)20-23-8-5-4-7-22(23)19-27-25(26-2)29-15-11-24(12-16-29)31-18-6-17-30-3;/h4-5,7-8,21,24H,6,9-20H2,1-3H3,(H,26,27);1H. The van der Waals surface area contributed by atoms with Gasteiger partial charge in [0.15, 0.2) is 5.96 Å². The van der Waals surface area contributed by atoms with Crippen LogP contribution in [0.15, 0.2) is 29.3 Å². The Balaban J connectivity index is 0.00000363. The lowest BCUT2D eigenvalue weighted by atomic mass is 9.98. The summed E-state index contributed by atoms with van der Waals surface area (Å²) in [4.78, 5) is 9.52. The zero-order chi connectivity index (χ0) is 21.9. The molecule has 2 heterocycles. The van der Waals surface area contributed by atoms with Crippen LogP contribution in [0.4, 0.5) is 0 Å². The molecule has 0 amide bonds. The molecular formula is C25H43IN4O2. The molecule has 0 atom stereocenters. The normalized spacial score (nSPS) is 19.1. The number of piperidine rings is 2. The van der Waals surface area contributed by atoms with E-state index in [0.29, 0.717) is 6.10 Å². The minimum absolute atomic E-state index is 0. The van der Waals surface area contributed by atoms with Crippen LogP contribution in [0, 0.1) is 5.92 Å². The zero-order valence-electron chi connectivity index (χ0n) is 20.2. The van der Waals surface area contributed by atoms with Crippen molar-refractivity contribution in [2.24, 2.45) is 10.9 Å². The molecule has 6 nitrogen and oxygen atoms in total. The summed E-state index contributed by atoms with van der Waals surface area (Å²) in [5.41, 5.74) is 2.81. The van der Waals surface area contributed by atoms with Crippen LogP contribution >= 0.6 is 24.0 Å². The summed E-state index contributed by atoms with van der Waals surface area (Å²) in [7, 11) is 3.63. The molecule has 0 radical (unpaired) electrons. The summed E-state index contributed by atoms with van der Waals surface area (Å²) in [5.74, 6) is 1.87. The van der Waals surface area contributed by atoms with E-state index >= 15 is 0 Å². The third kappa shape index (κ3) is 8.80. The maximum Gasteiger partial charge on any atom is 0.193 e. The Kier molecular flexibility index (Phi) is 12.9. The number of nitrogens with one attached hydrogen (secondary N) is 1. The van der Waals surface area contributed by atoms with Crippen molar-refractivity contribution in [2.75, 3.05) is 53.6 Å². The molecule has 32 heavy (non-hydrogen) atoms. The van der Waals surface area contributed by atoms with E-state index in [1.807, 2.05) is 7.05 Å². The Bertz CT molecular complexity index is 672. The van der Waals surface area contributed by atoms with Crippen LogP contribution in [0.1, 0.15) is 50.2 Å². The van der Waals surface area contributed by atoms with Crippen molar-refractivity contribution in [3.63, 3.8) is 0 Å². The van der Waals surface area contributed by atoms with Gasteiger partial charge in [-0.25, -0.2) is 0 Å². The highest BCUT2D eigenvalue weighted by molar-refractivity contribution is 14.0. The first-order valence-electron chi connectivity index (χ1n) is 12.0. The Morgan fingerprint density at radius 3 is 2.38 bits per heavy atom. The molecular weight excluding hydrogens is 515 g/mol. The van der Waals surface area contributed by atoms with Crippen molar-refractivity contribution < 1.29 is 9.47 Å². The molecule has 7 heteroatoms. The van der Waals surface area contributed by atoms with Crippen molar-refractivity contribution in [1.29, 1.82) is 0 Å². The summed E-state index contributed by atoms with van der Waals surface area (Å²) in [6.45, 7) is 10.2. The molecule has 182 valence electrons. The fourth-order valence-corrected chi connectivity index (χ4v) is 4.54. The summed E-state index contributed by atoms with van der Waals surface area (Å²) in [6, 6.07) is 8.85. The van der Waals surface area contributed by atoms with Crippen molar-refractivity contribution in [1.82, 2.24) is 15.1 Å². The van der Waals surface area contributed by atoms with E-state index in [1.54, 1.807) is 7.11 Å². The van der Waals surface area contributed by atoms with Crippen molar-refractivity contribution in [2.45, 2.75) is 58.2 Å². The number of ether oxygens (including phenoxy) is 2. The second-order valence-corrected chi connectivity index (χ2v) is 9.03. The molecule has 2 fully saturated rings. The number of halogens is 1. The fraction of sp³-hybridized carbons (Fsp3) is 0.720. The second-order valence-electron chi connectivity index (χ2n) is 9.03. The summed E-state index contributed by atoms with van der Waals surface area (Å²) < 4.78 is 11.1. The van der Waals surface area contributed by atoms with E-state index in [9.17, 15) is 0 Å². The molecule has 0 aromatic heterocycles. The topological polar surface area (TPSA) is 49.3 Å². The van der Waals surface area contributed by atoms with E-state index in [-0.39, 0.29) is 24.0 Å². The van der Waals surface area contributed by atoms with E-state index < -0.39 is 0 Å². The van der Waals surface area contributed by atoms with Gasteiger partial charge in [0.1, 0.15) is 0 Å². The molecule has 0 saturated carbocycles. The molecule has 0 unspecified atom stereocenters. The molecule has 1 aromatic carbocycles. The first-order valence-corrected chi connectivity index (χ1v) is 12.0. The SMILES string of the molecule is CN=C(NCc1ccccc1CN1CCC(C)CC1)N1CCC(OCCCOC)CC1.I. The van der Waals surface area contributed by atoms with E-state index in [4.69, 9.17) is 9.47 Å². The molecule has 1 N–H and O–H groups in total. The van der Waals surface area contributed by atoms with E-state index in [2.05, 4.69) is 51.3 Å². The lowest BCUT2D eigenvalue weighted by Gasteiger charge is -2.34. The number of rotatable bonds is 9. The molecule has 2 aliphatic heterocycles. The number of likely N-dealkylation sites (tertiary alicyclic amines) is 2. The molecule has 0 bridgehead atoms. The molecule has 2 saturated heterocycles. The lowest BCUT2D eigenvalue weighted by Crippen LogP contribution is -2.46. The highest BCUT2D eigenvalue weighted by Crippen LogP contribution is 2.20. The van der Waals surface area contributed by atoms with Crippen LogP contribution in [-0.2, 0) is 22.6 Å². The van der Waals surface area contributed by atoms with Crippen molar-refractivity contribution in [3.05, 3.63) is 35.4 Å². The molecule has 0 aliphatic carbocycles. The summed E-state index contributed by atoms with van der Waals surface area (Å²) in [6.07, 6.45) is 6.07. The van der Waals surface area contributed by atoms with Gasteiger partial charge in [-0.3, -0.25) is 9.89 Å². The average molecular weight is 559 g/mol. The van der Waals surface area contributed by atoms with Gasteiger partial charge >= 0.3 is 0 Å². The van der Waals surface area contributed by atoms with Crippen LogP contribution in [0.2, 0.25) is 0 Å². The van der Waals surface area contributed by atoms with E-state index in [0.717, 1.165) is 70.5 Å².